The highest BCUT2D eigenvalue weighted by atomic mass is 32.2. The van der Waals surface area contributed by atoms with E-state index in [1.165, 1.54) is 29.2 Å². The lowest BCUT2D eigenvalue weighted by Gasteiger charge is -2.26. The van der Waals surface area contributed by atoms with Gasteiger partial charge in [0.15, 0.2) is 11.5 Å². The van der Waals surface area contributed by atoms with Crippen molar-refractivity contribution < 1.29 is 43.2 Å². The first-order valence-electron chi connectivity index (χ1n) is 14.8. The maximum atomic E-state index is 13.5. The SMILES string of the molecule is COc1ccc(-c2ccc(OCCN3CCOCC3)c(C=C3SC(=S)N(CCC(=O)Oc4ccc(C(=O)O)cc4)C3=O)c2)cc1OC. The fourth-order valence-electron chi connectivity index (χ4n) is 4.98. The molecule has 1 amide bonds. The number of thiocarbonyl (C=S) groups is 1. The number of nitrogens with zero attached hydrogens (tertiary/aromatic N) is 2. The first-order chi connectivity index (χ1) is 22.7. The number of carbonyl (C=O) groups excluding carboxylic acids is 2. The Hall–Kier alpha value is -4.43. The van der Waals surface area contributed by atoms with Crippen LogP contribution in [0.4, 0.5) is 0 Å². The van der Waals surface area contributed by atoms with Crippen molar-refractivity contribution in [3.05, 3.63) is 76.7 Å². The van der Waals surface area contributed by atoms with Gasteiger partial charge in [0.2, 0.25) is 0 Å². The van der Waals surface area contributed by atoms with Gasteiger partial charge in [0.05, 0.1) is 44.3 Å². The molecule has 0 atom stereocenters. The molecule has 2 aliphatic heterocycles. The molecule has 2 fully saturated rings. The van der Waals surface area contributed by atoms with Gasteiger partial charge in [-0.05, 0) is 65.7 Å². The lowest BCUT2D eigenvalue weighted by molar-refractivity contribution is -0.134. The van der Waals surface area contributed by atoms with Gasteiger partial charge in [0.1, 0.15) is 22.4 Å². The van der Waals surface area contributed by atoms with Crippen molar-refractivity contribution in [2.45, 2.75) is 6.42 Å². The van der Waals surface area contributed by atoms with E-state index >= 15 is 0 Å². The third-order valence-electron chi connectivity index (χ3n) is 7.53. The van der Waals surface area contributed by atoms with E-state index in [9.17, 15) is 14.4 Å². The molecule has 0 saturated carbocycles. The van der Waals surface area contributed by atoms with Crippen LogP contribution in [0.1, 0.15) is 22.3 Å². The zero-order chi connectivity index (χ0) is 33.3. The van der Waals surface area contributed by atoms with Crippen LogP contribution in [0.15, 0.2) is 65.6 Å². The highest BCUT2D eigenvalue weighted by molar-refractivity contribution is 8.26. The van der Waals surface area contributed by atoms with Gasteiger partial charge in [-0.15, -0.1) is 0 Å². The molecule has 2 heterocycles. The van der Waals surface area contributed by atoms with Crippen molar-refractivity contribution in [1.29, 1.82) is 0 Å². The summed E-state index contributed by atoms with van der Waals surface area (Å²) in [6.07, 6.45) is 1.65. The van der Waals surface area contributed by atoms with Gasteiger partial charge in [0, 0.05) is 31.7 Å². The molecule has 47 heavy (non-hydrogen) atoms. The highest BCUT2D eigenvalue weighted by Gasteiger charge is 2.32. The van der Waals surface area contributed by atoms with E-state index in [1.54, 1.807) is 20.3 Å². The number of carboxylic acids is 1. The standard InChI is InChI=1S/C34H34N2O9S2/c1-41-28-10-6-24(20-29(28)42-2)23-5-9-27(44-18-15-35-13-16-43-17-14-35)25(19-23)21-30-32(38)36(34(46)47-30)12-11-31(37)45-26-7-3-22(4-8-26)33(39)40/h3-10,19-21H,11-18H2,1-2H3,(H,39,40). The van der Waals surface area contributed by atoms with Gasteiger partial charge in [0.25, 0.3) is 5.91 Å². The third kappa shape index (κ3) is 8.69. The smallest absolute Gasteiger partial charge is 0.335 e. The van der Waals surface area contributed by atoms with Gasteiger partial charge < -0.3 is 28.8 Å². The summed E-state index contributed by atoms with van der Waals surface area (Å²) < 4.78 is 28.2. The summed E-state index contributed by atoms with van der Waals surface area (Å²) in [6, 6.07) is 16.9. The van der Waals surface area contributed by atoms with Crippen LogP contribution < -0.4 is 18.9 Å². The Kier molecular flexibility index (Phi) is 11.5. The van der Waals surface area contributed by atoms with E-state index in [1.807, 2.05) is 36.4 Å². The van der Waals surface area contributed by atoms with E-state index < -0.39 is 11.9 Å². The molecule has 0 unspecified atom stereocenters. The number of methoxy groups -OCH3 is 2. The number of esters is 1. The molecule has 3 aromatic rings. The van der Waals surface area contributed by atoms with E-state index in [2.05, 4.69) is 4.90 Å². The number of rotatable bonds is 13. The summed E-state index contributed by atoms with van der Waals surface area (Å²) >= 11 is 6.66. The number of morpholine rings is 1. The fourth-order valence-corrected chi connectivity index (χ4v) is 6.28. The zero-order valence-corrected chi connectivity index (χ0v) is 27.6. The average molecular weight is 679 g/mol. The van der Waals surface area contributed by atoms with Crippen LogP contribution in [-0.4, -0.2) is 97.3 Å². The van der Waals surface area contributed by atoms with Gasteiger partial charge in [-0.1, -0.05) is 36.1 Å². The van der Waals surface area contributed by atoms with Crippen LogP contribution in [0.2, 0.25) is 0 Å². The number of ether oxygens (including phenoxy) is 5. The van der Waals surface area contributed by atoms with Gasteiger partial charge in [-0.3, -0.25) is 19.4 Å². The summed E-state index contributed by atoms with van der Waals surface area (Å²) in [4.78, 5) is 41.1. The number of hydrogen-bond acceptors (Lipinski definition) is 11. The van der Waals surface area contributed by atoms with Crippen LogP contribution >= 0.6 is 24.0 Å². The van der Waals surface area contributed by atoms with E-state index in [0.717, 1.165) is 42.5 Å². The Bertz CT molecular complexity index is 1670. The molecule has 0 aromatic heterocycles. The molecular weight excluding hydrogens is 645 g/mol. The molecule has 0 aliphatic carbocycles. The van der Waals surface area contributed by atoms with Crippen molar-refractivity contribution in [2.24, 2.45) is 0 Å². The lowest BCUT2D eigenvalue weighted by Crippen LogP contribution is -2.38. The maximum absolute atomic E-state index is 13.5. The minimum atomic E-state index is -1.08. The maximum Gasteiger partial charge on any atom is 0.335 e. The molecule has 0 radical (unpaired) electrons. The predicted octanol–water partition coefficient (Wildman–Crippen LogP) is 4.98. The summed E-state index contributed by atoms with van der Waals surface area (Å²) in [5, 5.41) is 9.05. The largest absolute Gasteiger partial charge is 0.493 e. The molecule has 0 bridgehead atoms. The molecule has 11 nitrogen and oxygen atoms in total. The second kappa shape index (κ2) is 15.9. The number of thioether (sulfide) groups is 1. The van der Waals surface area contributed by atoms with Crippen molar-refractivity contribution in [1.82, 2.24) is 9.80 Å². The minimum absolute atomic E-state index is 0.0304. The molecule has 2 saturated heterocycles. The van der Waals surface area contributed by atoms with Gasteiger partial charge in [-0.2, -0.15) is 0 Å². The van der Waals surface area contributed by atoms with Crippen LogP contribution in [0.3, 0.4) is 0 Å². The van der Waals surface area contributed by atoms with Crippen LogP contribution in [0.5, 0.6) is 23.0 Å². The molecule has 5 rings (SSSR count). The number of amides is 1. The predicted molar refractivity (Wildman–Crippen MR) is 181 cm³/mol. The quantitative estimate of drug-likeness (QED) is 0.114. The Morgan fingerprint density at radius 1 is 0.936 bits per heavy atom. The zero-order valence-electron chi connectivity index (χ0n) is 25.9. The van der Waals surface area contributed by atoms with E-state index in [-0.39, 0.29) is 30.2 Å². The number of carboxylic acid groups (broad SMARTS) is 1. The molecule has 13 heteroatoms. The van der Waals surface area contributed by atoms with Gasteiger partial charge >= 0.3 is 11.9 Å². The third-order valence-corrected chi connectivity index (χ3v) is 8.91. The summed E-state index contributed by atoms with van der Waals surface area (Å²) in [7, 11) is 3.16. The van der Waals surface area contributed by atoms with Crippen molar-refractivity contribution >= 4 is 52.2 Å². The Labute approximate surface area is 282 Å². The summed E-state index contributed by atoms with van der Waals surface area (Å²) in [5.41, 5.74) is 2.55. The monoisotopic (exact) mass is 678 g/mol. The van der Waals surface area contributed by atoms with Crippen LogP contribution in [-0.2, 0) is 14.3 Å². The summed E-state index contributed by atoms with van der Waals surface area (Å²) in [5.74, 6) is 0.0482. The molecule has 1 N–H and O–H groups in total. The summed E-state index contributed by atoms with van der Waals surface area (Å²) in [6.45, 7) is 4.32. The molecular formula is C34H34N2O9S2. The highest BCUT2D eigenvalue weighted by Crippen LogP contribution is 2.37. The molecule has 3 aromatic carbocycles. The second-order valence-corrected chi connectivity index (χ2v) is 12.2. The lowest BCUT2D eigenvalue weighted by atomic mass is 10.0. The average Bonchev–Trinajstić information content (AvgIpc) is 3.35. The number of hydrogen-bond donors (Lipinski definition) is 1. The Morgan fingerprint density at radius 3 is 2.30 bits per heavy atom. The van der Waals surface area contributed by atoms with Crippen LogP contribution in [0.25, 0.3) is 17.2 Å². The molecule has 0 spiro atoms. The van der Waals surface area contributed by atoms with Crippen LogP contribution in [0, 0.1) is 0 Å². The van der Waals surface area contributed by atoms with Gasteiger partial charge in [-0.25, -0.2) is 4.79 Å². The van der Waals surface area contributed by atoms with Crippen molar-refractivity contribution in [3.8, 4) is 34.1 Å². The van der Waals surface area contributed by atoms with E-state index in [0.29, 0.717) is 51.9 Å². The Balaban J connectivity index is 1.32. The minimum Gasteiger partial charge on any atom is -0.493 e. The second-order valence-electron chi connectivity index (χ2n) is 10.5. The number of aromatic carboxylic acids is 1. The first kappa shape index (κ1) is 33.9. The molecule has 2 aliphatic rings. The molecule has 246 valence electrons. The first-order valence-corrected chi connectivity index (χ1v) is 16.1. The number of carbonyl (C=O) groups is 3. The van der Waals surface area contributed by atoms with E-state index in [4.69, 9.17) is 41.0 Å². The Morgan fingerprint density at radius 2 is 1.62 bits per heavy atom. The van der Waals surface area contributed by atoms with Crippen molar-refractivity contribution in [3.63, 3.8) is 0 Å². The fraction of sp³-hybridized carbons (Fsp3) is 0.294. The van der Waals surface area contributed by atoms with Crippen molar-refractivity contribution in [2.75, 3.05) is 60.2 Å². The normalized spacial score (nSPS) is 16.0. The topological polar surface area (TPSA) is 124 Å². The number of benzene rings is 3.